The summed E-state index contributed by atoms with van der Waals surface area (Å²) in [5, 5.41) is 8.24. The number of anilines is 1. The van der Waals surface area contributed by atoms with Gasteiger partial charge in [0, 0.05) is 33.4 Å². The number of nitrogens with zero attached hydrogens (tertiary/aromatic N) is 5. The number of allylic oxidation sites excluding steroid dienone is 2. The molecule has 1 aliphatic heterocycles. The fraction of sp³-hybridized carbons (Fsp3) is 0.222. The third-order valence-electron chi connectivity index (χ3n) is 5.27. The molecular weight excluding hydrogens is 520 g/mol. The molecule has 1 amide bonds. The van der Waals surface area contributed by atoms with E-state index in [2.05, 4.69) is 19.5 Å². The molecule has 0 fully saturated rings. The molecule has 0 saturated carbocycles. The highest BCUT2D eigenvalue weighted by molar-refractivity contribution is 8.02. The minimum atomic E-state index is -0.372. The predicted molar refractivity (Wildman–Crippen MR) is 159 cm³/mol. The smallest absolute Gasteiger partial charge is 0.302 e. The quantitative estimate of drug-likeness (QED) is 0.211. The Morgan fingerprint density at radius 1 is 1.05 bits per heavy atom. The summed E-state index contributed by atoms with van der Waals surface area (Å²) >= 11 is 2.47. The van der Waals surface area contributed by atoms with Crippen LogP contribution in [0.15, 0.2) is 79.0 Å². The van der Waals surface area contributed by atoms with Gasteiger partial charge >= 0.3 is 5.91 Å². The second-order valence-electron chi connectivity index (χ2n) is 7.49. The summed E-state index contributed by atoms with van der Waals surface area (Å²) in [5.41, 5.74) is 9.09. The zero-order chi connectivity index (χ0) is 27.7. The van der Waals surface area contributed by atoms with Crippen molar-refractivity contribution in [1.29, 1.82) is 0 Å². The van der Waals surface area contributed by atoms with Gasteiger partial charge in [-0.2, -0.15) is 10.1 Å². The van der Waals surface area contributed by atoms with Crippen molar-refractivity contribution in [1.82, 2.24) is 4.98 Å². The van der Waals surface area contributed by atoms with Crippen molar-refractivity contribution in [3.05, 3.63) is 70.1 Å². The monoisotopic (exact) mass is 550 g/mol. The highest BCUT2D eigenvalue weighted by Gasteiger charge is 2.36. The summed E-state index contributed by atoms with van der Waals surface area (Å²) in [6.07, 6.45) is 1.22. The Kier molecular flexibility index (Phi) is 10.2. The molecule has 1 aliphatic rings. The average molecular weight is 551 g/mol. The van der Waals surface area contributed by atoms with Crippen molar-refractivity contribution >= 4 is 52.1 Å². The molecule has 2 aromatic carbocycles. The van der Waals surface area contributed by atoms with E-state index in [1.807, 2.05) is 81.6 Å². The van der Waals surface area contributed by atoms with Crippen LogP contribution in [-0.4, -0.2) is 42.9 Å². The average Bonchev–Trinajstić information content (AvgIpc) is 3.57. The molecule has 38 heavy (non-hydrogen) atoms. The molecular formula is C27H30N6O3S2. The van der Waals surface area contributed by atoms with Crippen LogP contribution >= 0.6 is 23.3 Å². The van der Waals surface area contributed by atoms with Crippen LogP contribution in [0, 0.1) is 0 Å². The molecule has 0 spiro atoms. The van der Waals surface area contributed by atoms with Gasteiger partial charge in [-0.3, -0.25) is 4.79 Å². The van der Waals surface area contributed by atoms with Crippen LogP contribution in [0.3, 0.4) is 0 Å². The number of aliphatic imine (C=N–C) groups is 1. The van der Waals surface area contributed by atoms with E-state index in [1.54, 1.807) is 14.2 Å². The molecule has 0 radical (unpaired) electrons. The molecule has 0 bridgehead atoms. The lowest BCUT2D eigenvalue weighted by Crippen LogP contribution is -2.27. The van der Waals surface area contributed by atoms with Crippen molar-refractivity contribution < 1.29 is 14.3 Å². The van der Waals surface area contributed by atoms with Crippen LogP contribution < -0.4 is 20.2 Å². The normalized spacial score (nSPS) is 14.8. The Labute approximate surface area is 230 Å². The standard InChI is InChI=1S/C25H24N6O3S2.C2H6/c1-15(27-14-26)16(2)36-30-23-22(18-6-5-7-20(12-18)34-4)29-31(24(23)32)25-28-21(13-35-25)17-8-10-19(33-3)11-9-17;1-2/h5-14H,1-4H3,(H2,26,27);1-2H3/b16-15-,30-23-;. The summed E-state index contributed by atoms with van der Waals surface area (Å²) in [6.45, 7) is 7.68. The number of ether oxygens (including phenoxy) is 2. The van der Waals surface area contributed by atoms with Crippen molar-refractivity contribution in [2.24, 2.45) is 20.2 Å². The maximum atomic E-state index is 13.5. The summed E-state index contributed by atoms with van der Waals surface area (Å²) in [7, 11) is 3.21. The molecule has 0 unspecified atom stereocenters. The third-order valence-corrected chi connectivity index (χ3v) is 6.93. The van der Waals surface area contributed by atoms with Crippen molar-refractivity contribution in [2.75, 3.05) is 19.2 Å². The van der Waals surface area contributed by atoms with Gasteiger partial charge in [0.05, 0.1) is 31.9 Å². The number of nitrogens with two attached hydrogens (primary N) is 1. The topological polar surface area (TPSA) is 115 Å². The Hall–Kier alpha value is -3.96. The lowest BCUT2D eigenvalue weighted by atomic mass is 10.1. The largest absolute Gasteiger partial charge is 0.497 e. The van der Waals surface area contributed by atoms with Gasteiger partial charge < -0.3 is 15.2 Å². The number of benzene rings is 2. The molecule has 2 N–H and O–H groups in total. The predicted octanol–water partition coefficient (Wildman–Crippen LogP) is 5.93. The minimum absolute atomic E-state index is 0.207. The summed E-state index contributed by atoms with van der Waals surface area (Å²) in [6, 6.07) is 14.9. The molecule has 11 heteroatoms. The fourth-order valence-electron chi connectivity index (χ4n) is 3.21. The highest BCUT2D eigenvalue weighted by Crippen LogP contribution is 2.32. The van der Waals surface area contributed by atoms with E-state index in [1.165, 1.54) is 22.7 Å². The van der Waals surface area contributed by atoms with Gasteiger partial charge in [0.25, 0.3) is 0 Å². The van der Waals surface area contributed by atoms with Gasteiger partial charge in [-0.25, -0.2) is 14.4 Å². The van der Waals surface area contributed by atoms with Crippen LogP contribution in [0.2, 0.25) is 0 Å². The number of hydrogen-bond acceptors (Lipinski definition) is 9. The first-order valence-corrected chi connectivity index (χ1v) is 13.4. The van der Waals surface area contributed by atoms with E-state index in [4.69, 9.17) is 15.2 Å². The van der Waals surface area contributed by atoms with Gasteiger partial charge in [0.1, 0.15) is 17.2 Å². The third kappa shape index (κ3) is 6.48. The number of hydrogen-bond donors (Lipinski definition) is 1. The molecule has 1 aromatic heterocycles. The number of thiazole rings is 1. The van der Waals surface area contributed by atoms with E-state index in [9.17, 15) is 4.79 Å². The van der Waals surface area contributed by atoms with Crippen LogP contribution in [0.4, 0.5) is 5.13 Å². The van der Waals surface area contributed by atoms with Crippen molar-refractivity contribution in [2.45, 2.75) is 27.7 Å². The lowest BCUT2D eigenvalue weighted by Gasteiger charge is -2.06. The fourth-order valence-corrected chi connectivity index (χ4v) is 4.57. The van der Waals surface area contributed by atoms with Crippen LogP contribution in [0.25, 0.3) is 11.3 Å². The zero-order valence-electron chi connectivity index (χ0n) is 22.1. The molecule has 0 saturated heterocycles. The first-order chi connectivity index (χ1) is 18.4. The molecule has 2 heterocycles. The van der Waals surface area contributed by atoms with Gasteiger partial charge in [-0.05, 0) is 50.2 Å². The van der Waals surface area contributed by atoms with E-state index in [-0.39, 0.29) is 11.6 Å². The number of carbonyl (C=O) groups is 1. The Morgan fingerprint density at radius 3 is 2.42 bits per heavy atom. The van der Waals surface area contributed by atoms with Crippen LogP contribution in [0.1, 0.15) is 33.3 Å². The van der Waals surface area contributed by atoms with Crippen molar-refractivity contribution in [3.8, 4) is 22.8 Å². The Morgan fingerprint density at radius 2 is 1.76 bits per heavy atom. The number of methoxy groups -OCH3 is 2. The van der Waals surface area contributed by atoms with Crippen LogP contribution in [-0.2, 0) is 4.79 Å². The number of carbonyl (C=O) groups excluding carboxylic acids is 1. The molecule has 9 nitrogen and oxygen atoms in total. The Balaban J connectivity index is 0.00000195. The second-order valence-corrected chi connectivity index (χ2v) is 9.31. The zero-order valence-corrected chi connectivity index (χ0v) is 23.8. The first kappa shape index (κ1) is 28.6. The SMILES string of the molecule is CC.COc1ccc(-c2csc(N3N=C(c4cccc(OC)c4)/C(=N/S/C(C)=C(/C)N=CN)C3=O)n2)cc1. The minimum Gasteiger partial charge on any atom is -0.497 e. The van der Waals surface area contributed by atoms with E-state index >= 15 is 0 Å². The van der Waals surface area contributed by atoms with Gasteiger partial charge in [-0.15, -0.1) is 11.3 Å². The lowest BCUT2D eigenvalue weighted by molar-refractivity contribution is -0.112. The van der Waals surface area contributed by atoms with E-state index in [0.717, 1.165) is 33.9 Å². The summed E-state index contributed by atoms with van der Waals surface area (Å²) in [5.74, 6) is 1.03. The maximum absolute atomic E-state index is 13.5. The second kappa shape index (κ2) is 13.5. The number of aromatic nitrogens is 1. The molecule has 4 rings (SSSR count). The first-order valence-electron chi connectivity index (χ1n) is 11.8. The molecule has 198 valence electrons. The number of rotatable bonds is 8. The van der Waals surface area contributed by atoms with Gasteiger partial charge in [0.2, 0.25) is 5.13 Å². The number of amides is 1. The summed E-state index contributed by atoms with van der Waals surface area (Å²) in [4.78, 5) is 23.0. The Bertz CT molecular complexity index is 1390. The van der Waals surface area contributed by atoms with Gasteiger partial charge in [-0.1, -0.05) is 26.0 Å². The van der Waals surface area contributed by atoms with E-state index in [0.29, 0.717) is 27.9 Å². The van der Waals surface area contributed by atoms with Crippen LogP contribution in [0.5, 0.6) is 11.5 Å². The van der Waals surface area contributed by atoms with Crippen molar-refractivity contribution in [3.63, 3.8) is 0 Å². The number of hydrazone groups is 1. The molecule has 0 atom stereocenters. The summed E-state index contributed by atoms with van der Waals surface area (Å²) < 4.78 is 15.1. The molecule has 0 aliphatic carbocycles. The molecule has 3 aromatic rings. The maximum Gasteiger partial charge on any atom is 0.302 e. The highest BCUT2D eigenvalue weighted by atomic mass is 32.2. The van der Waals surface area contributed by atoms with E-state index < -0.39 is 0 Å². The van der Waals surface area contributed by atoms with Gasteiger partial charge in [0.15, 0.2) is 5.71 Å².